The molecule has 0 saturated carbocycles. The van der Waals surface area contributed by atoms with E-state index in [2.05, 4.69) is 22.8 Å². The van der Waals surface area contributed by atoms with Crippen molar-refractivity contribution in [3.63, 3.8) is 0 Å². The van der Waals surface area contributed by atoms with Crippen LogP contribution in [0.2, 0.25) is 0 Å². The molecule has 2 atom stereocenters. The van der Waals surface area contributed by atoms with Gasteiger partial charge in [-0.15, -0.1) is 0 Å². The third kappa shape index (κ3) is 4.10. The lowest BCUT2D eigenvalue weighted by molar-refractivity contribution is 0.171. The molecule has 0 aliphatic heterocycles. The maximum Gasteiger partial charge on any atom is 0.315 e. The summed E-state index contributed by atoms with van der Waals surface area (Å²) in [7, 11) is 0. The summed E-state index contributed by atoms with van der Waals surface area (Å²) in [5.74, 6) is 0. The van der Waals surface area contributed by atoms with Crippen molar-refractivity contribution < 1.29 is 9.90 Å². The smallest absolute Gasteiger partial charge is 0.315 e. The molecule has 1 aromatic carbocycles. The van der Waals surface area contributed by atoms with Crippen molar-refractivity contribution >= 4 is 6.03 Å². The van der Waals surface area contributed by atoms with Gasteiger partial charge in [0.1, 0.15) is 0 Å². The van der Waals surface area contributed by atoms with E-state index in [0.717, 1.165) is 30.4 Å². The monoisotopic (exact) mass is 274 g/mol. The van der Waals surface area contributed by atoms with Crippen LogP contribution >= 0.6 is 0 Å². The van der Waals surface area contributed by atoms with Gasteiger partial charge < -0.3 is 15.7 Å². The average molecular weight is 274 g/mol. The lowest BCUT2D eigenvalue weighted by Gasteiger charge is -2.20. The highest BCUT2D eigenvalue weighted by molar-refractivity contribution is 5.74. The number of urea groups is 1. The molecule has 108 valence electrons. The Morgan fingerprint density at radius 1 is 1.40 bits per heavy atom. The maximum absolute atomic E-state index is 11.8. The Hall–Kier alpha value is -1.81. The molecule has 0 saturated heterocycles. The number of carbonyl (C=O) groups excluding carboxylic acids is 1. The van der Waals surface area contributed by atoms with E-state index in [9.17, 15) is 9.90 Å². The number of rotatable bonds is 4. The molecule has 2 rings (SSSR count). The van der Waals surface area contributed by atoms with Gasteiger partial charge in [-0.05, 0) is 37.3 Å². The lowest BCUT2D eigenvalue weighted by atomic mass is 10.0. The SMILES string of the molecule is Cc1ccccc1C(O)CNC(=O)NC1CC=CCC1. The normalized spacial score (nSPS) is 19.4. The summed E-state index contributed by atoms with van der Waals surface area (Å²) in [5.41, 5.74) is 1.88. The molecule has 2 unspecified atom stereocenters. The number of benzene rings is 1. The van der Waals surface area contributed by atoms with Crippen molar-refractivity contribution in [2.24, 2.45) is 0 Å². The third-order valence-corrected chi connectivity index (χ3v) is 3.61. The summed E-state index contributed by atoms with van der Waals surface area (Å²) in [4.78, 5) is 11.8. The van der Waals surface area contributed by atoms with Gasteiger partial charge in [-0.25, -0.2) is 4.79 Å². The largest absolute Gasteiger partial charge is 0.387 e. The van der Waals surface area contributed by atoms with Gasteiger partial charge in [-0.3, -0.25) is 0 Å². The number of allylic oxidation sites excluding steroid dienone is 1. The van der Waals surface area contributed by atoms with Crippen molar-refractivity contribution in [2.75, 3.05) is 6.54 Å². The zero-order valence-electron chi connectivity index (χ0n) is 11.8. The van der Waals surface area contributed by atoms with Crippen molar-refractivity contribution in [3.8, 4) is 0 Å². The van der Waals surface area contributed by atoms with Crippen molar-refractivity contribution in [1.82, 2.24) is 10.6 Å². The Morgan fingerprint density at radius 3 is 2.90 bits per heavy atom. The second-order valence-electron chi connectivity index (χ2n) is 5.21. The first-order valence-corrected chi connectivity index (χ1v) is 7.10. The number of hydrogen-bond acceptors (Lipinski definition) is 2. The Balaban J connectivity index is 1.78. The van der Waals surface area contributed by atoms with Crippen LogP contribution in [0.15, 0.2) is 36.4 Å². The van der Waals surface area contributed by atoms with Gasteiger partial charge in [0.05, 0.1) is 6.10 Å². The van der Waals surface area contributed by atoms with Crippen LogP contribution in [-0.2, 0) is 0 Å². The topological polar surface area (TPSA) is 61.4 Å². The number of nitrogens with one attached hydrogen (secondary N) is 2. The van der Waals surface area contributed by atoms with Gasteiger partial charge in [0.15, 0.2) is 0 Å². The van der Waals surface area contributed by atoms with Crippen LogP contribution in [0.3, 0.4) is 0 Å². The minimum atomic E-state index is -0.673. The molecular weight excluding hydrogens is 252 g/mol. The van der Waals surface area contributed by atoms with Gasteiger partial charge in [-0.1, -0.05) is 36.4 Å². The van der Waals surface area contributed by atoms with Crippen molar-refractivity contribution in [1.29, 1.82) is 0 Å². The van der Waals surface area contributed by atoms with E-state index in [-0.39, 0.29) is 18.6 Å². The molecule has 4 nitrogen and oxygen atoms in total. The summed E-state index contributed by atoms with van der Waals surface area (Å²) in [5, 5.41) is 15.8. The lowest BCUT2D eigenvalue weighted by Crippen LogP contribution is -2.43. The van der Waals surface area contributed by atoms with Crippen LogP contribution in [0.5, 0.6) is 0 Å². The van der Waals surface area contributed by atoms with Gasteiger partial charge in [0.2, 0.25) is 0 Å². The minimum absolute atomic E-state index is 0.204. The molecule has 0 heterocycles. The molecule has 0 bridgehead atoms. The predicted octanol–water partition coefficient (Wildman–Crippen LogP) is 2.44. The fourth-order valence-corrected chi connectivity index (χ4v) is 2.42. The van der Waals surface area contributed by atoms with Crippen LogP contribution < -0.4 is 10.6 Å². The zero-order chi connectivity index (χ0) is 14.4. The van der Waals surface area contributed by atoms with E-state index in [4.69, 9.17) is 0 Å². The van der Waals surface area contributed by atoms with Crippen LogP contribution in [0.4, 0.5) is 4.79 Å². The molecule has 1 aliphatic rings. The van der Waals surface area contributed by atoms with E-state index >= 15 is 0 Å². The first-order valence-electron chi connectivity index (χ1n) is 7.10. The second kappa shape index (κ2) is 7.10. The van der Waals surface area contributed by atoms with E-state index in [1.54, 1.807) is 0 Å². The minimum Gasteiger partial charge on any atom is -0.387 e. The Kier molecular flexibility index (Phi) is 5.18. The van der Waals surface area contributed by atoms with Gasteiger partial charge in [0, 0.05) is 12.6 Å². The van der Waals surface area contributed by atoms with Crippen LogP contribution in [-0.4, -0.2) is 23.7 Å². The number of carbonyl (C=O) groups is 1. The van der Waals surface area contributed by atoms with E-state index in [1.807, 2.05) is 31.2 Å². The molecular formula is C16H22N2O2. The highest BCUT2D eigenvalue weighted by Gasteiger charge is 2.14. The molecule has 2 amide bonds. The standard InChI is InChI=1S/C16H22N2O2/c1-12-7-5-6-10-14(12)15(19)11-17-16(20)18-13-8-3-2-4-9-13/h2-3,5-7,10,13,15,19H,4,8-9,11H2,1H3,(H2,17,18,20). The first-order chi connectivity index (χ1) is 9.66. The highest BCUT2D eigenvalue weighted by atomic mass is 16.3. The van der Waals surface area contributed by atoms with E-state index in [1.165, 1.54) is 0 Å². The van der Waals surface area contributed by atoms with Crippen molar-refractivity contribution in [3.05, 3.63) is 47.5 Å². The molecule has 20 heavy (non-hydrogen) atoms. The zero-order valence-corrected chi connectivity index (χ0v) is 11.8. The molecule has 0 spiro atoms. The Bertz CT molecular complexity index is 485. The summed E-state index contributed by atoms with van der Waals surface area (Å²) in [6.45, 7) is 2.17. The van der Waals surface area contributed by atoms with Crippen LogP contribution in [0, 0.1) is 6.92 Å². The summed E-state index contributed by atoms with van der Waals surface area (Å²) < 4.78 is 0. The van der Waals surface area contributed by atoms with Gasteiger partial charge >= 0.3 is 6.03 Å². The highest BCUT2D eigenvalue weighted by Crippen LogP contribution is 2.16. The number of aliphatic hydroxyl groups excluding tert-OH is 1. The second-order valence-corrected chi connectivity index (χ2v) is 5.21. The van der Waals surface area contributed by atoms with E-state index < -0.39 is 6.10 Å². The fraction of sp³-hybridized carbons (Fsp3) is 0.438. The molecule has 0 fully saturated rings. The summed E-state index contributed by atoms with van der Waals surface area (Å²) in [6, 6.07) is 7.65. The fourth-order valence-electron chi connectivity index (χ4n) is 2.42. The quantitative estimate of drug-likeness (QED) is 0.738. The summed E-state index contributed by atoms with van der Waals surface area (Å²) >= 11 is 0. The molecule has 4 heteroatoms. The predicted molar refractivity (Wildman–Crippen MR) is 79.5 cm³/mol. The average Bonchev–Trinajstić information content (AvgIpc) is 2.46. The van der Waals surface area contributed by atoms with Gasteiger partial charge in [0.25, 0.3) is 0 Å². The van der Waals surface area contributed by atoms with Gasteiger partial charge in [-0.2, -0.15) is 0 Å². The first kappa shape index (κ1) is 14.6. The number of aliphatic hydroxyl groups is 1. The molecule has 0 aromatic heterocycles. The Labute approximate surface area is 119 Å². The number of amides is 2. The molecule has 3 N–H and O–H groups in total. The molecule has 1 aromatic rings. The maximum atomic E-state index is 11.8. The molecule has 1 aliphatic carbocycles. The van der Waals surface area contributed by atoms with Crippen LogP contribution in [0.25, 0.3) is 0 Å². The number of hydrogen-bond donors (Lipinski definition) is 3. The third-order valence-electron chi connectivity index (χ3n) is 3.61. The molecule has 0 radical (unpaired) electrons. The summed E-state index contributed by atoms with van der Waals surface area (Å²) in [6.07, 6.45) is 6.43. The van der Waals surface area contributed by atoms with Crippen molar-refractivity contribution in [2.45, 2.75) is 38.3 Å². The number of aryl methyl sites for hydroxylation is 1. The van der Waals surface area contributed by atoms with E-state index in [0.29, 0.717) is 0 Å². The van der Waals surface area contributed by atoms with Crippen LogP contribution in [0.1, 0.15) is 36.5 Å². The Morgan fingerprint density at radius 2 is 2.20 bits per heavy atom.